The Kier molecular flexibility index (Phi) is 12.2. The van der Waals surface area contributed by atoms with E-state index in [0.29, 0.717) is 11.9 Å². The topological polar surface area (TPSA) is 81.1 Å². The van der Waals surface area contributed by atoms with Crippen LogP contribution in [0.25, 0.3) is 0 Å². The molecule has 150 valence electrons. The van der Waals surface area contributed by atoms with Gasteiger partial charge in [-0.2, -0.15) is 0 Å². The minimum absolute atomic E-state index is 0.562. The Bertz CT molecular complexity index is 512. The lowest BCUT2D eigenvalue weighted by Crippen LogP contribution is -2.32. The molecule has 6 nitrogen and oxygen atoms in total. The summed E-state index contributed by atoms with van der Waals surface area (Å²) in [7, 11) is 0. The third kappa shape index (κ3) is 9.46. The van der Waals surface area contributed by atoms with Crippen molar-refractivity contribution >= 4 is 17.7 Å². The largest absolute Gasteiger partial charge is 0.370 e. The van der Waals surface area contributed by atoms with Crippen LogP contribution in [0.15, 0.2) is 10.1 Å². The molecule has 1 aromatic heterocycles. The van der Waals surface area contributed by atoms with E-state index in [1.807, 2.05) is 6.26 Å². The molecule has 0 unspecified atom stereocenters. The Morgan fingerprint density at radius 2 is 1.88 bits per heavy atom. The van der Waals surface area contributed by atoms with E-state index < -0.39 is 0 Å². The molecule has 0 amide bonds. The van der Waals surface area contributed by atoms with Crippen molar-refractivity contribution in [3.8, 4) is 0 Å². The molecule has 0 aliphatic rings. The van der Waals surface area contributed by atoms with E-state index in [9.17, 15) is 0 Å². The molecule has 7 heteroatoms. The van der Waals surface area contributed by atoms with Gasteiger partial charge in [-0.25, -0.2) is 0 Å². The lowest BCUT2D eigenvalue weighted by molar-refractivity contribution is 0.477. The van der Waals surface area contributed by atoms with Gasteiger partial charge in [-0.1, -0.05) is 64.6 Å². The van der Waals surface area contributed by atoms with Crippen LogP contribution in [0, 0.1) is 5.92 Å². The number of aromatic nitrogens is 3. The molecule has 0 aromatic carbocycles. The molecule has 0 spiro atoms. The first-order valence-electron chi connectivity index (χ1n) is 10.1. The highest BCUT2D eigenvalue weighted by molar-refractivity contribution is 7.98. The molecule has 0 fully saturated rings. The summed E-state index contributed by atoms with van der Waals surface area (Å²) in [5.41, 5.74) is 5.94. The molecule has 0 atom stereocenters. The van der Waals surface area contributed by atoms with Crippen molar-refractivity contribution in [1.82, 2.24) is 20.1 Å². The number of hydrogen-bond acceptors (Lipinski definition) is 4. The quantitative estimate of drug-likeness (QED) is 0.221. The molecule has 0 aliphatic carbocycles. The van der Waals surface area contributed by atoms with Gasteiger partial charge in [0, 0.05) is 26.1 Å². The van der Waals surface area contributed by atoms with Crippen molar-refractivity contribution in [3.05, 3.63) is 5.82 Å². The van der Waals surface area contributed by atoms with Crippen molar-refractivity contribution in [2.24, 2.45) is 16.6 Å². The molecule has 0 aliphatic heterocycles. The number of aliphatic imine (C=N–C) groups is 1. The van der Waals surface area contributed by atoms with Gasteiger partial charge < -0.3 is 15.6 Å². The number of nitrogens with two attached hydrogens (primary N) is 1. The second-order valence-electron chi connectivity index (χ2n) is 7.17. The van der Waals surface area contributed by atoms with Crippen LogP contribution in [0.1, 0.15) is 71.5 Å². The summed E-state index contributed by atoms with van der Waals surface area (Å²) in [5, 5.41) is 12.8. The van der Waals surface area contributed by atoms with E-state index in [2.05, 4.69) is 45.8 Å². The van der Waals surface area contributed by atoms with Crippen molar-refractivity contribution < 1.29 is 0 Å². The average Bonchev–Trinajstić information content (AvgIpc) is 2.99. The number of thioether (sulfide) groups is 1. The second kappa shape index (κ2) is 13.9. The van der Waals surface area contributed by atoms with Gasteiger partial charge in [0.05, 0.1) is 0 Å². The van der Waals surface area contributed by atoms with Crippen molar-refractivity contribution in [2.45, 2.75) is 83.8 Å². The minimum Gasteiger partial charge on any atom is -0.370 e. The summed E-state index contributed by atoms with van der Waals surface area (Å²) in [5.74, 6) is 2.19. The fraction of sp³-hybridized carbons (Fsp3) is 0.842. The number of nitrogens with zero attached hydrogens (tertiary/aromatic N) is 4. The molecule has 1 aromatic rings. The first-order valence-corrected chi connectivity index (χ1v) is 11.3. The maximum Gasteiger partial charge on any atom is 0.190 e. The molecule has 3 N–H and O–H groups in total. The fourth-order valence-electron chi connectivity index (χ4n) is 2.82. The average molecular weight is 383 g/mol. The van der Waals surface area contributed by atoms with E-state index in [0.717, 1.165) is 49.9 Å². The Labute approximate surface area is 163 Å². The van der Waals surface area contributed by atoms with Gasteiger partial charge in [0.2, 0.25) is 0 Å². The van der Waals surface area contributed by atoms with Crippen LogP contribution < -0.4 is 11.1 Å². The van der Waals surface area contributed by atoms with Crippen LogP contribution in [0.3, 0.4) is 0 Å². The molecule has 0 radical (unpaired) electrons. The third-order valence-electron chi connectivity index (χ3n) is 4.20. The molecule has 26 heavy (non-hydrogen) atoms. The van der Waals surface area contributed by atoms with E-state index in [-0.39, 0.29) is 0 Å². The maximum absolute atomic E-state index is 5.94. The molecule has 1 heterocycles. The van der Waals surface area contributed by atoms with E-state index in [4.69, 9.17) is 5.73 Å². The van der Waals surface area contributed by atoms with E-state index in [1.54, 1.807) is 11.8 Å². The van der Waals surface area contributed by atoms with Gasteiger partial charge in [-0.3, -0.25) is 4.99 Å². The van der Waals surface area contributed by atoms with Crippen molar-refractivity contribution in [2.75, 3.05) is 19.3 Å². The van der Waals surface area contributed by atoms with Crippen molar-refractivity contribution in [1.29, 1.82) is 0 Å². The number of rotatable bonds is 14. The summed E-state index contributed by atoms with van der Waals surface area (Å²) >= 11 is 1.65. The van der Waals surface area contributed by atoms with Crippen LogP contribution in [0.2, 0.25) is 0 Å². The Balaban J connectivity index is 2.24. The van der Waals surface area contributed by atoms with E-state index >= 15 is 0 Å². The van der Waals surface area contributed by atoms with Gasteiger partial charge in [-0.05, 0) is 25.0 Å². The summed E-state index contributed by atoms with van der Waals surface area (Å²) < 4.78 is 2.24. The first-order chi connectivity index (χ1) is 12.6. The first kappa shape index (κ1) is 22.8. The number of guanidine groups is 1. The van der Waals surface area contributed by atoms with Crippen LogP contribution >= 0.6 is 11.8 Å². The lowest BCUT2D eigenvalue weighted by Gasteiger charge is -2.11. The molecular weight excluding hydrogens is 344 g/mol. The van der Waals surface area contributed by atoms with Gasteiger partial charge in [0.25, 0.3) is 0 Å². The molecule has 0 bridgehead atoms. The van der Waals surface area contributed by atoms with Crippen LogP contribution in [-0.4, -0.2) is 40.1 Å². The predicted octanol–water partition coefficient (Wildman–Crippen LogP) is 3.85. The zero-order valence-electron chi connectivity index (χ0n) is 17.1. The molecule has 0 saturated heterocycles. The highest BCUT2D eigenvalue weighted by atomic mass is 32.2. The summed E-state index contributed by atoms with van der Waals surface area (Å²) in [4.78, 5) is 4.42. The number of nitrogens with one attached hydrogen (secondary N) is 1. The lowest BCUT2D eigenvalue weighted by atomic mass is 10.1. The highest BCUT2D eigenvalue weighted by Crippen LogP contribution is 2.16. The van der Waals surface area contributed by atoms with Gasteiger partial charge in [0.15, 0.2) is 11.1 Å². The summed E-state index contributed by atoms with van der Waals surface area (Å²) in [6.07, 6.45) is 11.6. The smallest absolute Gasteiger partial charge is 0.190 e. The normalized spacial score (nSPS) is 12.1. The standard InChI is InChI=1S/C19H38N6S/c1-5-6-7-8-9-10-13-21-18(20)22-14-11-12-17-23-24-19(26-4)25(17)15-16(2)3/h16H,5-15H2,1-4H3,(H3,20,21,22). The van der Waals surface area contributed by atoms with Crippen LogP contribution in [0.4, 0.5) is 0 Å². The molecule has 1 rings (SSSR count). The monoisotopic (exact) mass is 382 g/mol. The van der Waals surface area contributed by atoms with Crippen LogP contribution in [-0.2, 0) is 13.0 Å². The zero-order valence-corrected chi connectivity index (χ0v) is 17.9. The highest BCUT2D eigenvalue weighted by Gasteiger charge is 2.12. The summed E-state index contributed by atoms with van der Waals surface area (Å²) in [6, 6.07) is 0. The third-order valence-corrected chi connectivity index (χ3v) is 4.87. The van der Waals surface area contributed by atoms with E-state index in [1.165, 1.54) is 32.1 Å². The predicted molar refractivity (Wildman–Crippen MR) is 113 cm³/mol. The number of unbranched alkanes of at least 4 members (excludes halogenated alkanes) is 5. The second-order valence-corrected chi connectivity index (χ2v) is 7.95. The SMILES string of the molecule is CCCCCCCCNC(N)=NCCCc1nnc(SC)n1CC(C)C. The van der Waals surface area contributed by atoms with Crippen LogP contribution in [0.5, 0.6) is 0 Å². The van der Waals surface area contributed by atoms with Crippen molar-refractivity contribution in [3.63, 3.8) is 0 Å². The maximum atomic E-state index is 5.94. The zero-order chi connectivity index (χ0) is 19.2. The minimum atomic E-state index is 0.562. The summed E-state index contributed by atoms with van der Waals surface area (Å²) in [6.45, 7) is 9.28. The Hall–Kier alpha value is -1.24. The van der Waals surface area contributed by atoms with Gasteiger partial charge >= 0.3 is 0 Å². The number of aryl methyl sites for hydroxylation is 1. The van der Waals surface area contributed by atoms with Gasteiger partial charge in [0.1, 0.15) is 5.82 Å². The Morgan fingerprint density at radius 1 is 1.15 bits per heavy atom. The molecular formula is C19H38N6S. The number of hydrogen-bond donors (Lipinski definition) is 2. The Morgan fingerprint density at radius 3 is 2.58 bits per heavy atom. The fourth-order valence-corrected chi connectivity index (χ4v) is 3.34. The van der Waals surface area contributed by atoms with Gasteiger partial charge in [-0.15, -0.1) is 10.2 Å². The molecule has 0 saturated carbocycles.